The highest BCUT2D eigenvalue weighted by Crippen LogP contribution is 2.03. The summed E-state index contributed by atoms with van der Waals surface area (Å²) in [5, 5.41) is 3.85. The molecule has 0 aliphatic carbocycles. The molecule has 2 aromatic rings. The van der Waals surface area contributed by atoms with Crippen LogP contribution in [0.25, 0.3) is 0 Å². The standard InChI is InChI=1S/C11H10N2OS/c1-2-4-10(5-3-1)8-14-13-7-11-6-12-9-15-11/h1-7,9H,8H2. The van der Waals surface area contributed by atoms with Crippen molar-refractivity contribution in [1.29, 1.82) is 0 Å². The molecule has 1 heterocycles. The second kappa shape index (κ2) is 5.26. The number of rotatable bonds is 4. The maximum atomic E-state index is 5.14. The fraction of sp³-hybridized carbons (Fsp3) is 0.0909. The first-order valence-corrected chi connectivity index (χ1v) is 5.41. The minimum absolute atomic E-state index is 0.496. The topological polar surface area (TPSA) is 34.5 Å². The number of nitrogens with zero attached hydrogens (tertiary/aromatic N) is 2. The van der Waals surface area contributed by atoms with Gasteiger partial charge in [-0.1, -0.05) is 35.5 Å². The molecule has 0 aliphatic rings. The van der Waals surface area contributed by atoms with E-state index in [4.69, 9.17) is 4.84 Å². The summed E-state index contributed by atoms with van der Waals surface area (Å²) in [5.41, 5.74) is 2.87. The van der Waals surface area contributed by atoms with E-state index in [-0.39, 0.29) is 0 Å². The molecule has 0 radical (unpaired) electrons. The number of oxime groups is 1. The molecule has 0 spiro atoms. The molecular weight excluding hydrogens is 208 g/mol. The maximum absolute atomic E-state index is 5.14. The first kappa shape index (κ1) is 9.86. The van der Waals surface area contributed by atoms with Crippen LogP contribution in [0.1, 0.15) is 10.4 Å². The van der Waals surface area contributed by atoms with Crippen LogP contribution in [0.2, 0.25) is 0 Å². The molecule has 2 rings (SSSR count). The molecule has 0 N–H and O–H groups in total. The zero-order valence-corrected chi connectivity index (χ0v) is 8.85. The van der Waals surface area contributed by atoms with Crippen molar-refractivity contribution in [3.05, 3.63) is 52.5 Å². The summed E-state index contributed by atoms with van der Waals surface area (Å²) < 4.78 is 0. The van der Waals surface area contributed by atoms with Crippen LogP contribution in [0.15, 0.2) is 47.2 Å². The molecule has 0 saturated carbocycles. The van der Waals surface area contributed by atoms with Crippen LogP contribution < -0.4 is 0 Å². The number of thiazole rings is 1. The Balaban J connectivity index is 1.80. The largest absolute Gasteiger partial charge is 0.391 e. The van der Waals surface area contributed by atoms with Crippen molar-refractivity contribution in [2.75, 3.05) is 0 Å². The Kier molecular flexibility index (Phi) is 3.46. The van der Waals surface area contributed by atoms with E-state index in [2.05, 4.69) is 10.1 Å². The highest BCUT2D eigenvalue weighted by Gasteiger charge is 1.90. The van der Waals surface area contributed by atoms with E-state index in [1.807, 2.05) is 30.3 Å². The molecule has 0 bridgehead atoms. The van der Waals surface area contributed by atoms with Crippen molar-refractivity contribution >= 4 is 17.6 Å². The maximum Gasteiger partial charge on any atom is 0.142 e. The van der Waals surface area contributed by atoms with E-state index >= 15 is 0 Å². The zero-order chi connectivity index (χ0) is 10.3. The third kappa shape index (κ3) is 3.18. The van der Waals surface area contributed by atoms with Gasteiger partial charge in [0.1, 0.15) is 6.61 Å². The summed E-state index contributed by atoms with van der Waals surface area (Å²) in [6.45, 7) is 0.496. The summed E-state index contributed by atoms with van der Waals surface area (Å²) in [6.07, 6.45) is 3.42. The van der Waals surface area contributed by atoms with E-state index in [0.29, 0.717) is 6.61 Å². The van der Waals surface area contributed by atoms with Gasteiger partial charge in [-0.15, -0.1) is 11.3 Å². The Morgan fingerprint density at radius 3 is 2.93 bits per heavy atom. The average molecular weight is 218 g/mol. The van der Waals surface area contributed by atoms with Gasteiger partial charge in [0, 0.05) is 6.20 Å². The van der Waals surface area contributed by atoms with Gasteiger partial charge in [0.2, 0.25) is 0 Å². The van der Waals surface area contributed by atoms with Gasteiger partial charge < -0.3 is 4.84 Å². The average Bonchev–Trinajstić information content (AvgIpc) is 2.79. The van der Waals surface area contributed by atoms with Gasteiger partial charge in [0.25, 0.3) is 0 Å². The minimum Gasteiger partial charge on any atom is -0.391 e. The van der Waals surface area contributed by atoms with Gasteiger partial charge >= 0.3 is 0 Å². The lowest BCUT2D eigenvalue weighted by molar-refractivity contribution is 0.132. The predicted molar refractivity (Wildman–Crippen MR) is 60.9 cm³/mol. The van der Waals surface area contributed by atoms with Crippen LogP contribution in [0, 0.1) is 0 Å². The van der Waals surface area contributed by atoms with Crippen LogP contribution in [0.5, 0.6) is 0 Å². The predicted octanol–water partition coefficient (Wildman–Crippen LogP) is 2.69. The molecule has 15 heavy (non-hydrogen) atoms. The van der Waals surface area contributed by atoms with Crippen molar-refractivity contribution in [3.8, 4) is 0 Å². The summed E-state index contributed by atoms with van der Waals surface area (Å²) in [6, 6.07) is 9.94. The normalized spacial score (nSPS) is 10.7. The Hall–Kier alpha value is -1.68. The Morgan fingerprint density at radius 1 is 1.33 bits per heavy atom. The van der Waals surface area contributed by atoms with Crippen LogP contribution in [0.4, 0.5) is 0 Å². The van der Waals surface area contributed by atoms with Crippen molar-refractivity contribution in [1.82, 2.24) is 4.98 Å². The van der Waals surface area contributed by atoms with E-state index < -0.39 is 0 Å². The number of hydrogen-bond acceptors (Lipinski definition) is 4. The highest BCUT2D eigenvalue weighted by molar-refractivity contribution is 7.11. The van der Waals surface area contributed by atoms with Crippen molar-refractivity contribution in [2.45, 2.75) is 6.61 Å². The Bertz CT molecular complexity index is 411. The lowest BCUT2D eigenvalue weighted by Gasteiger charge is -1.97. The van der Waals surface area contributed by atoms with Crippen molar-refractivity contribution < 1.29 is 4.84 Å². The fourth-order valence-corrected chi connectivity index (χ4v) is 1.53. The first-order chi connectivity index (χ1) is 7.45. The van der Waals surface area contributed by atoms with Crippen molar-refractivity contribution in [3.63, 3.8) is 0 Å². The SMILES string of the molecule is C(=NOCc1ccccc1)c1cncs1. The number of hydrogen-bond donors (Lipinski definition) is 0. The monoisotopic (exact) mass is 218 g/mol. The molecule has 0 aliphatic heterocycles. The third-order valence-electron chi connectivity index (χ3n) is 1.78. The minimum atomic E-state index is 0.496. The molecule has 3 nitrogen and oxygen atoms in total. The molecule has 0 unspecified atom stereocenters. The van der Waals surface area contributed by atoms with Gasteiger partial charge in [-0.2, -0.15) is 0 Å². The molecule has 76 valence electrons. The molecular formula is C11H10N2OS. The van der Waals surface area contributed by atoms with E-state index in [1.54, 1.807) is 17.9 Å². The fourth-order valence-electron chi connectivity index (χ4n) is 1.06. The number of benzene rings is 1. The number of aromatic nitrogens is 1. The summed E-state index contributed by atoms with van der Waals surface area (Å²) in [4.78, 5) is 10.1. The van der Waals surface area contributed by atoms with Gasteiger partial charge in [-0.05, 0) is 5.56 Å². The van der Waals surface area contributed by atoms with Crippen LogP contribution in [-0.2, 0) is 11.4 Å². The molecule has 0 atom stereocenters. The van der Waals surface area contributed by atoms with Crippen LogP contribution in [-0.4, -0.2) is 11.2 Å². The summed E-state index contributed by atoms with van der Waals surface area (Å²) in [7, 11) is 0. The molecule has 1 aromatic carbocycles. The van der Waals surface area contributed by atoms with Gasteiger partial charge in [0.05, 0.1) is 16.6 Å². The molecule has 0 fully saturated rings. The molecule has 0 saturated heterocycles. The second-order valence-corrected chi connectivity index (χ2v) is 3.82. The van der Waals surface area contributed by atoms with Gasteiger partial charge in [-0.25, -0.2) is 0 Å². The first-order valence-electron chi connectivity index (χ1n) is 4.53. The third-order valence-corrected chi connectivity index (χ3v) is 2.49. The quantitative estimate of drug-likeness (QED) is 0.584. The zero-order valence-electron chi connectivity index (χ0n) is 8.04. The van der Waals surface area contributed by atoms with E-state index in [0.717, 1.165) is 10.4 Å². The smallest absolute Gasteiger partial charge is 0.142 e. The van der Waals surface area contributed by atoms with E-state index in [9.17, 15) is 0 Å². The summed E-state index contributed by atoms with van der Waals surface area (Å²) in [5.74, 6) is 0. The van der Waals surface area contributed by atoms with Crippen LogP contribution >= 0.6 is 11.3 Å². The van der Waals surface area contributed by atoms with Gasteiger partial charge in [-0.3, -0.25) is 4.98 Å². The Labute approximate surface area is 92.0 Å². The molecule has 0 amide bonds. The highest BCUT2D eigenvalue weighted by atomic mass is 32.1. The van der Waals surface area contributed by atoms with Gasteiger partial charge in [0.15, 0.2) is 0 Å². The second-order valence-electron chi connectivity index (χ2n) is 2.90. The van der Waals surface area contributed by atoms with Crippen LogP contribution in [0.3, 0.4) is 0 Å². The Morgan fingerprint density at radius 2 is 2.20 bits per heavy atom. The lowest BCUT2D eigenvalue weighted by atomic mass is 10.2. The molecule has 1 aromatic heterocycles. The summed E-state index contributed by atoms with van der Waals surface area (Å²) >= 11 is 1.53. The van der Waals surface area contributed by atoms with Crippen molar-refractivity contribution in [2.24, 2.45) is 5.16 Å². The van der Waals surface area contributed by atoms with E-state index in [1.165, 1.54) is 11.3 Å². The molecule has 4 heteroatoms. The lowest BCUT2D eigenvalue weighted by Crippen LogP contribution is -1.86.